The fourth-order valence-electron chi connectivity index (χ4n) is 4.43. The zero-order chi connectivity index (χ0) is 24.5. The van der Waals surface area contributed by atoms with Crippen LogP contribution in [0.2, 0.25) is 0 Å². The van der Waals surface area contributed by atoms with E-state index in [1.165, 1.54) is 96.3 Å². The monoisotopic (exact) mass is 474 g/mol. The molecule has 1 atom stereocenters. The van der Waals surface area contributed by atoms with Crippen molar-refractivity contribution in [2.24, 2.45) is 5.92 Å². The number of unbranched alkanes of at least 4 members (excludes halogenated alkanes) is 15. The lowest BCUT2D eigenvalue weighted by molar-refractivity contribution is -0.149. The molecule has 1 rings (SSSR count). The molecule has 0 aromatic carbocycles. The molecule has 1 aromatic rings. The second-order valence-corrected chi connectivity index (χ2v) is 9.94. The summed E-state index contributed by atoms with van der Waals surface area (Å²) < 4.78 is 11.1. The van der Waals surface area contributed by atoms with Crippen LogP contribution in [0.15, 0.2) is 35.0 Å². The van der Waals surface area contributed by atoms with Crippen molar-refractivity contribution < 1.29 is 13.9 Å². The van der Waals surface area contributed by atoms with Crippen LogP contribution in [0.5, 0.6) is 0 Å². The Bertz CT molecular complexity index is 576. The number of carbonyl (C=O) groups excluding carboxylic acids is 1. The van der Waals surface area contributed by atoms with Crippen LogP contribution in [0.1, 0.15) is 142 Å². The summed E-state index contributed by atoms with van der Waals surface area (Å²) in [5.74, 6) is 0.767. The first-order valence-corrected chi connectivity index (χ1v) is 14.6. The number of hydrogen-bond acceptors (Lipinski definition) is 3. The van der Waals surface area contributed by atoms with E-state index in [0.717, 1.165) is 31.4 Å². The van der Waals surface area contributed by atoms with Crippen LogP contribution in [0, 0.1) is 5.92 Å². The number of rotatable bonds is 24. The summed E-state index contributed by atoms with van der Waals surface area (Å²) >= 11 is 0. The van der Waals surface area contributed by atoms with Crippen LogP contribution in [0.4, 0.5) is 0 Å². The van der Waals surface area contributed by atoms with E-state index in [-0.39, 0.29) is 11.9 Å². The molecule has 1 unspecified atom stereocenters. The highest BCUT2D eigenvalue weighted by atomic mass is 16.5. The molecule has 0 saturated heterocycles. The molecule has 0 fully saturated rings. The van der Waals surface area contributed by atoms with Crippen LogP contribution in [-0.2, 0) is 16.0 Å². The average molecular weight is 475 g/mol. The lowest BCUT2D eigenvalue weighted by Gasteiger charge is -2.15. The van der Waals surface area contributed by atoms with Crippen molar-refractivity contribution in [1.82, 2.24) is 0 Å². The molecule has 0 amide bonds. The van der Waals surface area contributed by atoms with Gasteiger partial charge in [-0.2, -0.15) is 0 Å². The SMILES string of the molecule is CCCCCCCC/C=C\CCCCCCC(Cc1ccco1)C(=O)OCCCCCCCC. The van der Waals surface area contributed by atoms with Crippen molar-refractivity contribution >= 4 is 5.97 Å². The van der Waals surface area contributed by atoms with E-state index in [9.17, 15) is 4.79 Å². The van der Waals surface area contributed by atoms with Crippen molar-refractivity contribution in [1.29, 1.82) is 0 Å². The van der Waals surface area contributed by atoms with Crippen LogP contribution < -0.4 is 0 Å². The molecule has 1 aromatic heterocycles. The van der Waals surface area contributed by atoms with Gasteiger partial charge in [0, 0.05) is 6.42 Å². The van der Waals surface area contributed by atoms with Gasteiger partial charge in [-0.1, -0.05) is 109 Å². The summed E-state index contributed by atoms with van der Waals surface area (Å²) in [5.41, 5.74) is 0. The molecular weight excluding hydrogens is 420 g/mol. The van der Waals surface area contributed by atoms with Crippen LogP contribution in [0.3, 0.4) is 0 Å². The average Bonchev–Trinajstić information content (AvgIpc) is 3.36. The van der Waals surface area contributed by atoms with Gasteiger partial charge in [0.15, 0.2) is 0 Å². The van der Waals surface area contributed by atoms with E-state index in [1.807, 2.05) is 12.1 Å². The minimum absolute atomic E-state index is 0.0393. The van der Waals surface area contributed by atoms with Gasteiger partial charge in [-0.3, -0.25) is 4.79 Å². The highest BCUT2D eigenvalue weighted by molar-refractivity contribution is 5.72. The minimum Gasteiger partial charge on any atom is -0.469 e. The molecule has 0 N–H and O–H groups in total. The molecule has 1 heterocycles. The van der Waals surface area contributed by atoms with E-state index in [2.05, 4.69) is 26.0 Å². The number of allylic oxidation sites excluding steroid dienone is 2. The van der Waals surface area contributed by atoms with Gasteiger partial charge >= 0.3 is 5.97 Å². The van der Waals surface area contributed by atoms with Gasteiger partial charge in [0.2, 0.25) is 0 Å². The molecule has 3 nitrogen and oxygen atoms in total. The van der Waals surface area contributed by atoms with Gasteiger partial charge in [-0.05, 0) is 50.7 Å². The first-order chi connectivity index (χ1) is 16.8. The maximum Gasteiger partial charge on any atom is 0.309 e. The molecule has 0 spiro atoms. The van der Waals surface area contributed by atoms with Crippen LogP contribution >= 0.6 is 0 Å². The Kier molecular flexibility index (Phi) is 20.9. The summed E-state index contributed by atoms with van der Waals surface area (Å²) in [6.45, 7) is 5.06. The standard InChI is InChI=1S/C31H54O3/c1-3-5-7-9-11-12-13-14-15-16-17-18-19-21-24-29(28-30-25-23-27-33-30)31(32)34-26-22-20-10-8-6-4-2/h14-15,23,25,27,29H,3-13,16-22,24,26,28H2,1-2H3/b15-14-. The van der Waals surface area contributed by atoms with Crippen molar-refractivity contribution in [2.45, 2.75) is 142 Å². The van der Waals surface area contributed by atoms with Gasteiger partial charge in [0.05, 0.1) is 18.8 Å². The fraction of sp³-hybridized carbons (Fsp3) is 0.774. The summed E-state index contributed by atoms with van der Waals surface area (Å²) in [5, 5.41) is 0. The number of ether oxygens (including phenoxy) is 1. The van der Waals surface area contributed by atoms with Gasteiger partial charge in [-0.15, -0.1) is 0 Å². The maximum absolute atomic E-state index is 12.7. The number of esters is 1. The van der Waals surface area contributed by atoms with E-state index >= 15 is 0 Å². The number of carbonyl (C=O) groups is 1. The van der Waals surface area contributed by atoms with Gasteiger partial charge in [0.25, 0.3) is 0 Å². The molecule has 0 bridgehead atoms. The topological polar surface area (TPSA) is 39.4 Å². The maximum atomic E-state index is 12.7. The van der Waals surface area contributed by atoms with Crippen molar-refractivity contribution in [3.8, 4) is 0 Å². The Morgan fingerprint density at radius 1 is 0.794 bits per heavy atom. The van der Waals surface area contributed by atoms with Gasteiger partial charge in [0.1, 0.15) is 5.76 Å². The summed E-state index contributed by atoms with van der Waals surface area (Å²) in [4.78, 5) is 12.7. The van der Waals surface area contributed by atoms with E-state index in [0.29, 0.717) is 13.0 Å². The summed E-state index contributed by atoms with van der Waals surface area (Å²) in [6.07, 6.45) is 30.6. The van der Waals surface area contributed by atoms with Gasteiger partial charge in [-0.25, -0.2) is 0 Å². The Balaban J connectivity index is 2.13. The third kappa shape index (κ3) is 17.9. The second kappa shape index (κ2) is 23.2. The predicted octanol–water partition coefficient (Wildman–Crippen LogP) is 9.99. The first kappa shape index (κ1) is 30.5. The Labute approximate surface area is 211 Å². The quantitative estimate of drug-likeness (QED) is 0.0849. The summed E-state index contributed by atoms with van der Waals surface area (Å²) in [7, 11) is 0. The molecule has 0 aliphatic carbocycles. The largest absolute Gasteiger partial charge is 0.469 e. The molecule has 196 valence electrons. The normalized spacial score (nSPS) is 12.4. The van der Waals surface area contributed by atoms with Crippen molar-refractivity contribution in [3.63, 3.8) is 0 Å². The lowest BCUT2D eigenvalue weighted by Crippen LogP contribution is -2.20. The first-order valence-electron chi connectivity index (χ1n) is 14.6. The molecule has 0 radical (unpaired) electrons. The smallest absolute Gasteiger partial charge is 0.309 e. The zero-order valence-corrected chi connectivity index (χ0v) is 22.5. The van der Waals surface area contributed by atoms with Crippen LogP contribution in [0.25, 0.3) is 0 Å². The second-order valence-electron chi connectivity index (χ2n) is 9.94. The van der Waals surface area contributed by atoms with Crippen LogP contribution in [-0.4, -0.2) is 12.6 Å². The molecule has 0 aliphatic heterocycles. The Hall–Kier alpha value is -1.51. The van der Waals surface area contributed by atoms with E-state index < -0.39 is 0 Å². The minimum atomic E-state index is -0.0801. The van der Waals surface area contributed by atoms with Crippen molar-refractivity contribution in [3.05, 3.63) is 36.3 Å². The molecule has 34 heavy (non-hydrogen) atoms. The summed E-state index contributed by atoms with van der Waals surface area (Å²) in [6, 6.07) is 3.86. The fourth-order valence-corrected chi connectivity index (χ4v) is 4.43. The number of furan rings is 1. The number of hydrogen-bond donors (Lipinski definition) is 0. The van der Waals surface area contributed by atoms with E-state index in [1.54, 1.807) is 6.26 Å². The Morgan fingerprint density at radius 3 is 1.94 bits per heavy atom. The third-order valence-electron chi connectivity index (χ3n) is 6.67. The van der Waals surface area contributed by atoms with Crippen molar-refractivity contribution in [2.75, 3.05) is 6.61 Å². The Morgan fingerprint density at radius 2 is 1.35 bits per heavy atom. The highest BCUT2D eigenvalue weighted by Crippen LogP contribution is 2.19. The zero-order valence-electron chi connectivity index (χ0n) is 22.5. The lowest BCUT2D eigenvalue weighted by atomic mass is 9.96. The highest BCUT2D eigenvalue weighted by Gasteiger charge is 2.21. The molecule has 0 aliphatic rings. The molecule has 0 saturated carbocycles. The third-order valence-corrected chi connectivity index (χ3v) is 6.67. The molecule has 3 heteroatoms. The van der Waals surface area contributed by atoms with Gasteiger partial charge < -0.3 is 9.15 Å². The van der Waals surface area contributed by atoms with E-state index in [4.69, 9.17) is 9.15 Å². The predicted molar refractivity (Wildman–Crippen MR) is 145 cm³/mol. The molecular formula is C31H54O3.